The van der Waals surface area contributed by atoms with Crippen LogP contribution in [0.4, 0.5) is 0 Å². The largest absolute Gasteiger partial charge is 0.386 e. The molecule has 1 aromatic carbocycles. The van der Waals surface area contributed by atoms with E-state index in [1.807, 2.05) is 38.1 Å². The molecule has 21 heavy (non-hydrogen) atoms. The van der Waals surface area contributed by atoms with Crippen molar-refractivity contribution >= 4 is 5.96 Å². The maximum absolute atomic E-state index is 10.2. The Balaban J connectivity index is 2.49. The molecule has 0 heterocycles. The van der Waals surface area contributed by atoms with Crippen molar-refractivity contribution in [1.82, 2.24) is 10.6 Å². The van der Waals surface area contributed by atoms with Crippen molar-refractivity contribution < 1.29 is 5.11 Å². The van der Waals surface area contributed by atoms with E-state index in [4.69, 9.17) is 0 Å². The number of hydrogen-bond donors (Lipinski definition) is 3. The second kappa shape index (κ2) is 10.2. The maximum atomic E-state index is 10.2. The predicted octanol–water partition coefficient (Wildman–Crippen LogP) is 2.77. The van der Waals surface area contributed by atoms with Crippen molar-refractivity contribution in [1.29, 1.82) is 0 Å². The highest BCUT2D eigenvalue weighted by Gasteiger charge is 2.07. The number of aliphatic hydroxyl groups is 1. The first-order chi connectivity index (χ1) is 10.2. The quantitative estimate of drug-likeness (QED) is 0.392. The molecule has 0 amide bonds. The van der Waals surface area contributed by atoms with Gasteiger partial charge in [-0.15, -0.1) is 0 Å². The average Bonchev–Trinajstić information content (AvgIpc) is 2.49. The van der Waals surface area contributed by atoms with Gasteiger partial charge in [0.1, 0.15) is 0 Å². The zero-order chi connectivity index (χ0) is 15.5. The van der Waals surface area contributed by atoms with Crippen molar-refractivity contribution in [3.8, 4) is 0 Å². The lowest BCUT2D eigenvalue weighted by Gasteiger charge is -2.13. The van der Waals surface area contributed by atoms with Crippen molar-refractivity contribution in [3.63, 3.8) is 0 Å². The highest BCUT2D eigenvalue weighted by Crippen LogP contribution is 2.13. The second-order valence-electron chi connectivity index (χ2n) is 5.28. The maximum Gasteiger partial charge on any atom is 0.191 e. The summed E-state index contributed by atoms with van der Waals surface area (Å²) < 4.78 is 0. The molecule has 3 N–H and O–H groups in total. The topological polar surface area (TPSA) is 56.7 Å². The van der Waals surface area contributed by atoms with Gasteiger partial charge in [0.05, 0.1) is 12.6 Å². The third-order valence-electron chi connectivity index (χ3n) is 3.30. The number of aryl methyl sites for hydroxylation is 1. The summed E-state index contributed by atoms with van der Waals surface area (Å²) in [6.45, 7) is 8.38. The van der Waals surface area contributed by atoms with Gasteiger partial charge in [0.15, 0.2) is 5.96 Å². The normalized spacial score (nSPS) is 13.0. The molecular formula is C17H29N3O. The molecular weight excluding hydrogens is 262 g/mol. The number of guanidine groups is 1. The Hall–Kier alpha value is -1.55. The van der Waals surface area contributed by atoms with E-state index in [1.54, 1.807) is 0 Å². The van der Waals surface area contributed by atoms with Gasteiger partial charge in [0.2, 0.25) is 0 Å². The Morgan fingerprint density at radius 2 is 1.86 bits per heavy atom. The molecule has 0 aliphatic heterocycles. The van der Waals surface area contributed by atoms with Crippen LogP contribution in [0.2, 0.25) is 0 Å². The molecule has 0 saturated carbocycles. The molecule has 118 valence electrons. The van der Waals surface area contributed by atoms with Crippen molar-refractivity contribution in [2.24, 2.45) is 4.99 Å². The van der Waals surface area contributed by atoms with Crippen LogP contribution in [0.25, 0.3) is 0 Å². The van der Waals surface area contributed by atoms with E-state index in [9.17, 15) is 5.11 Å². The minimum absolute atomic E-state index is 0.367. The molecule has 0 fully saturated rings. The Morgan fingerprint density at radius 1 is 1.14 bits per heavy atom. The van der Waals surface area contributed by atoms with Crippen LogP contribution in [0.1, 0.15) is 50.3 Å². The van der Waals surface area contributed by atoms with Gasteiger partial charge in [-0.05, 0) is 25.8 Å². The van der Waals surface area contributed by atoms with Gasteiger partial charge in [0, 0.05) is 13.1 Å². The first kappa shape index (κ1) is 17.5. The monoisotopic (exact) mass is 291 g/mol. The van der Waals surface area contributed by atoms with E-state index in [-0.39, 0.29) is 0 Å². The first-order valence-electron chi connectivity index (χ1n) is 7.94. The third kappa shape index (κ3) is 7.14. The lowest BCUT2D eigenvalue weighted by atomic mass is 10.1. The van der Waals surface area contributed by atoms with E-state index in [0.29, 0.717) is 6.54 Å². The second-order valence-corrected chi connectivity index (χ2v) is 5.28. The summed E-state index contributed by atoms with van der Waals surface area (Å²) in [5.41, 5.74) is 2.10. The van der Waals surface area contributed by atoms with E-state index in [1.165, 1.54) is 18.4 Å². The zero-order valence-electron chi connectivity index (χ0n) is 13.5. The predicted molar refractivity (Wildman–Crippen MR) is 89.6 cm³/mol. The van der Waals surface area contributed by atoms with Gasteiger partial charge in [0.25, 0.3) is 0 Å². The first-order valence-corrected chi connectivity index (χ1v) is 7.94. The molecule has 0 aromatic heterocycles. The van der Waals surface area contributed by atoms with Crippen LogP contribution >= 0.6 is 0 Å². The fraction of sp³-hybridized carbons (Fsp3) is 0.588. The molecule has 0 aliphatic carbocycles. The Bertz CT molecular complexity index is 415. The summed E-state index contributed by atoms with van der Waals surface area (Å²) in [5.74, 6) is 0.778. The lowest BCUT2D eigenvalue weighted by Crippen LogP contribution is -2.38. The van der Waals surface area contributed by atoms with Gasteiger partial charge >= 0.3 is 0 Å². The molecule has 0 spiro atoms. The molecule has 0 saturated heterocycles. The highest BCUT2D eigenvalue weighted by molar-refractivity contribution is 5.79. The Morgan fingerprint density at radius 3 is 2.48 bits per heavy atom. The molecule has 1 rings (SSSR count). The van der Waals surface area contributed by atoms with Gasteiger partial charge in [-0.1, -0.05) is 49.6 Å². The number of benzene rings is 1. The summed E-state index contributed by atoms with van der Waals surface area (Å²) >= 11 is 0. The molecule has 1 atom stereocenters. The van der Waals surface area contributed by atoms with Gasteiger partial charge < -0.3 is 15.7 Å². The number of hydrogen-bond acceptors (Lipinski definition) is 2. The number of rotatable bonds is 8. The fourth-order valence-electron chi connectivity index (χ4n) is 2.00. The van der Waals surface area contributed by atoms with Crippen LogP contribution in [0.3, 0.4) is 0 Å². The van der Waals surface area contributed by atoms with Gasteiger partial charge in [-0.2, -0.15) is 0 Å². The smallest absolute Gasteiger partial charge is 0.191 e. The van der Waals surface area contributed by atoms with E-state index in [0.717, 1.165) is 31.0 Å². The zero-order valence-corrected chi connectivity index (χ0v) is 13.5. The number of nitrogens with zero attached hydrogens (tertiary/aromatic N) is 1. The fourth-order valence-corrected chi connectivity index (χ4v) is 2.00. The van der Waals surface area contributed by atoms with Crippen molar-refractivity contribution in [3.05, 3.63) is 35.4 Å². The van der Waals surface area contributed by atoms with Crippen molar-refractivity contribution in [2.75, 3.05) is 19.6 Å². The molecule has 0 radical (unpaired) electrons. The summed E-state index contributed by atoms with van der Waals surface area (Å²) in [6, 6.07) is 7.93. The molecule has 4 nitrogen and oxygen atoms in total. The number of aliphatic hydroxyl groups excluding tert-OH is 1. The molecule has 1 aromatic rings. The minimum atomic E-state index is -0.559. The number of unbranched alkanes of at least 4 members (excludes halogenated alkanes) is 2. The summed E-state index contributed by atoms with van der Waals surface area (Å²) in [7, 11) is 0. The Labute approximate surface area is 128 Å². The third-order valence-corrected chi connectivity index (χ3v) is 3.30. The number of aliphatic imine (C=N–C) groups is 1. The van der Waals surface area contributed by atoms with Crippen LogP contribution in [0, 0.1) is 6.92 Å². The minimum Gasteiger partial charge on any atom is -0.386 e. The van der Waals surface area contributed by atoms with E-state index in [2.05, 4.69) is 22.5 Å². The molecule has 0 aliphatic rings. The SMILES string of the molecule is CCCCCNC(=NCC(O)c1ccc(C)cc1)NCC. The Kier molecular flexibility index (Phi) is 8.51. The van der Waals surface area contributed by atoms with Crippen LogP contribution < -0.4 is 10.6 Å². The van der Waals surface area contributed by atoms with Crippen LogP contribution in [-0.4, -0.2) is 30.7 Å². The van der Waals surface area contributed by atoms with Crippen LogP contribution in [0.15, 0.2) is 29.3 Å². The van der Waals surface area contributed by atoms with Gasteiger partial charge in [-0.3, -0.25) is 4.99 Å². The van der Waals surface area contributed by atoms with Gasteiger partial charge in [-0.25, -0.2) is 0 Å². The van der Waals surface area contributed by atoms with Crippen LogP contribution in [0.5, 0.6) is 0 Å². The van der Waals surface area contributed by atoms with E-state index < -0.39 is 6.10 Å². The van der Waals surface area contributed by atoms with Crippen LogP contribution in [-0.2, 0) is 0 Å². The lowest BCUT2D eigenvalue weighted by molar-refractivity contribution is 0.187. The van der Waals surface area contributed by atoms with Crippen molar-refractivity contribution in [2.45, 2.75) is 46.1 Å². The van der Waals surface area contributed by atoms with E-state index >= 15 is 0 Å². The summed E-state index contributed by atoms with van der Waals surface area (Å²) in [6.07, 6.45) is 3.01. The summed E-state index contributed by atoms with van der Waals surface area (Å²) in [4.78, 5) is 4.45. The highest BCUT2D eigenvalue weighted by atomic mass is 16.3. The summed E-state index contributed by atoms with van der Waals surface area (Å²) in [5, 5.41) is 16.7. The number of nitrogens with one attached hydrogen (secondary N) is 2. The molecule has 4 heteroatoms. The molecule has 0 bridgehead atoms. The standard InChI is InChI=1S/C17H29N3O/c1-4-6-7-12-19-17(18-5-2)20-13-16(21)15-10-8-14(3)9-11-15/h8-11,16,21H,4-7,12-13H2,1-3H3,(H2,18,19,20). The average molecular weight is 291 g/mol. The molecule has 1 unspecified atom stereocenters.